The zero-order chi connectivity index (χ0) is 23.5. The number of pyridine rings is 2. The van der Waals surface area contributed by atoms with Gasteiger partial charge in [0.1, 0.15) is 11.7 Å². The average molecular weight is 513 g/mol. The van der Waals surface area contributed by atoms with E-state index < -0.39 is 11.4 Å². The number of carbonyl (C=O) groups is 1. The van der Waals surface area contributed by atoms with Crippen LogP contribution in [0, 0.1) is 17.1 Å². The number of hydrogen-bond acceptors (Lipinski definition) is 6. The number of amides is 1. The summed E-state index contributed by atoms with van der Waals surface area (Å²) >= 11 is 3.45. The fourth-order valence-electron chi connectivity index (χ4n) is 4.60. The van der Waals surface area contributed by atoms with Crippen molar-refractivity contribution >= 4 is 33.4 Å². The molecule has 0 spiro atoms. The molecule has 3 aromatic rings. The van der Waals surface area contributed by atoms with E-state index in [4.69, 9.17) is 4.74 Å². The fourth-order valence-corrected chi connectivity index (χ4v) is 5.02. The second-order valence-corrected chi connectivity index (χ2v) is 10.3. The molecule has 8 nitrogen and oxygen atoms in total. The van der Waals surface area contributed by atoms with Crippen LogP contribution in [-0.4, -0.2) is 56.4 Å². The molecule has 0 radical (unpaired) electrons. The number of halogens is 2. The van der Waals surface area contributed by atoms with Gasteiger partial charge in [-0.3, -0.25) is 4.90 Å². The van der Waals surface area contributed by atoms with Gasteiger partial charge in [-0.2, -0.15) is 10.4 Å². The lowest BCUT2D eigenvalue weighted by molar-refractivity contribution is -0.0381. The van der Waals surface area contributed by atoms with Crippen LogP contribution in [0.5, 0.6) is 0 Å². The molecule has 3 fully saturated rings. The van der Waals surface area contributed by atoms with Gasteiger partial charge < -0.3 is 9.64 Å². The van der Waals surface area contributed by atoms with Crippen molar-refractivity contribution in [2.24, 2.45) is 0 Å². The Morgan fingerprint density at radius 3 is 2.64 bits per heavy atom. The lowest BCUT2D eigenvalue weighted by Crippen LogP contribution is -2.70. The molecule has 2 atom stereocenters. The van der Waals surface area contributed by atoms with Crippen LogP contribution in [0.15, 0.2) is 35.2 Å². The van der Waals surface area contributed by atoms with Gasteiger partial charge in [-0.25, -0.2) is 18.7 Å². The minimum Gasteiger partial charge on any atom is -0.444 e. The highest BCUT2D eigenvalue weighted by atomic mass is 79.9. The predicted octanol–water partition coefficient (Wildman–Crippen LogP) is 4.37. The third-order valence-corrected chi connectivity index (χ3v) is 6.36. The number of piperazine rings is 1. The zero-order valence-corrected chi connectivity index (χ0v) is 20.0. The van der Waals surface area contributed by atoms with E-state index in [1.807, 2.05) is 31.7 Å². The molecule has 6 heterocycles. The van der Waals surface area contributed by atoms with Gasteiger partial charge in [0.05, 0.1) is 29.4 Å². The Balaban J connectivity index is 1.40. The standard InChI is InChI=1S/C23H22BrFN6O2/c1-23(2,3)33-22(32)31-16-6-17(31)12-29(11-16)21-19(25)4-13(8-27-21)18-5-15(24)10-30-20(18)14(7-26)9-28-30/h4-5,8-10,16-17H,6,11-12H2,1-3H3. The van der Waals surface area contributed by atoms with Crippen molar-refractivity contribution in [2.45, 2.75) is 44.9 Å². The van der Waals surface area contributed by atoms with Crippen molar-refractivity contribution in [2.75, 3.05) is 18.0 Å². The van der Waals surface area contributed by atoms with E-state index in [0.29, 0.717) is 35.3 Å². The first-order valence-electron chi connectivity index (χ1n) is 10.6. The molecule has 6 rings (SSSR count). The molecule has 3 aliphatic heterocycles. The fraction of sp³-hybridized carbons (Fsp3) is 0.391. The summed E-state index contributed by atoms with van der Waals surface area (Å²) in [4.78, 5) is 20.6. The van der Waals surface area contributed by atoms with Crippen molar-refractivity contribution < 1.29 is 13.9 Å². The Bertz CT molecular complexity index is 1300. The minimum atomic E-state index is -0.553. The van der Waals surface area contributed by atoms with E-state index in [0.717, 1.165) is 10.9 Å². The smallest absolute Gasteiger partial charge is 0.410 e. The maximum atomic E-state index is 15.2. The molecule has 33 heavy (non-hydrogen) atoms. The monoisotopic (exact) mass is 512 g/mol. The van der Waals surface area contributed by atoms with E-state index >= 15 is 4.39 Å². The molecular weight excluding hydrogens is 491 g/mol. The van der Waals surface area contributed by atoms with E-state index in [1.54, 1.807) is 21.8 Å². The first-order chi connectivity index (χ1) is 15.6. The summed E-state index contributed by atoms with van der Waals surface area (Å²) in [5.74, 6) is -0.189. The summed E-state index contributed by atoms with van der Waals surface area (Å²) in [7, 11) is 0. The lowest BCUT2D eigenvalue weighted by atomic mass is 9.88. The number of ether oxygens (including phenoxy) is 1. The van der Waals surface area contributed by atoms with Crippen molar-refractivity contribution in [3.63, 3.8) is 0 Å². The maximum absolute atomic E-state index is 15.2. The topological polar surface area (TPSA) is 86.8 Å². The summed E-state index contributed by atoms with van der Waals surface area (Å²) in [6, 6.07) is 5.35. The molecule has 2 unspecified atom stereocenters. The molecule has 0 saturated carbocycles. The molecule has 170 valence electrons. The summed E-state index contributed by atoms with van der Waals surface area (Å²) in [5.41, 5.74) is 1.66. The van der Waals surface area contributed by atoms with Crippen LogP contribution in [0.4, 0.5) is 15.0 Å². The molecule has 3 aliphatic rings. The largest absolute Gasteiger partial charge is 0.444 e. The predicted molar refractivity (Wildman–Crippen MR) is 123 cm³/mol. The van der Waals surface area contributed by atoms with E-state index in [2.05, 4.69) is 32.1 Å². The van der Waals surface area contributed by atoms with Crippen LogP contribution in [0.25, 0.3) is 16.6 Å². The van der Waals surface area contributed by atoms with Gasteiger partial charge in [0, 0.05) is 41.1 Å². The number of hydrogen-bond donors (Lipinski definition) is 0. The Morgan fingerprint density at radius 1 is 1.27 bits per heavy atom. The van der Waals surface area contributed by atoms with E-state index in [9.17, 15) is 10.1 Å². The first-order valence-corrected chi connectivity index (χ1v) is 11.4. The van der Waals surface area contributed by atoms with Gasteiger partial charge in [0.15, 0.2) is 11.6 Å². The van der Waals surface area contributed by atoms with Crippen LogP contribution >= 0.6 is 15.9 Å². The van der Waals surface area contributed by atoms with Crippen LogP contribution in [0.1, 0.15) is 32.8 Å². The number of nitrogens with zero attached hydrogens (tertiary/aromatic N) is 6. The van der Waals surface area contributed by atoms with Crippen molar-refractivity contribution in [3.05, 3.63) is 46.6 Å². The third-order valence-electron chi connectivity index (χ3n) is 5.93. The molecular formula is C23H22BrFN6O2. The zero-order valence-electron chi connectivity index (χ0n) is 18.4. The van der Waals surface area contributed by atoms with Gasteiger partial charge in [-0.15, -0.1) is 0 Å². The number of anilines is 1. The number of fused-ring (bicyclic) bond motifs is 3. The summed E-state index contributed by atoms with van der Waals surface area (Å²) in [6.45, 7) is 6.53. The van der Waals surface area contributed by atoms with Gasteiger partial charge in [0.2, 0.25) is 0 Å². The summed E-state index contributed by atoms with van der Waals surface area (Å²) < 4.78 is 23.1. The van der Waals surface area contributed by atoms with Crippen LogP contribution in [-0.2, 0) is 4.74 Å². The highest BCUT2D eigenvalue weighted by Gasteiger charge is 2.49. The SMILES string of the molecule is CC(C)(C)OC(=O)N1C2CC1CN(c1ncc(-c3cc(Br)cn4ncc(C#N)c34)cc1F)C2. The Labute approximate surface area is 198 Å². The number of aromatic nitrogens is 3. The van der Waals surface area contributed by atoms with Gasteiger partial charge in [0.25, 0.3) is 0 Å². The first kappa shape index (κ1) is 21.6. The summed E-state index contributed by atoms with van der Waals surface area (Å²) in [5, 5.41) is 13.6. The van der Waals surface area contributed by atoms with E-state index in [-0.39, 0.29) is 24.0 Å². The molecule has 3 saturated heterocycles. The van der Waals surface area contributed by atoms with Crippen LogP contribution in [0.3, 0.4) is 0 Å². The third kappa shape index (κ3) is 3.80. The molecule has 0 N–H and O–H groups in total. The Kier molecular flexibility index (Phi) is 5.05. The normalized spacial score (nSPS) is 19.9. The maximum Gasteiger partial charge on any atom is 0.410 e. The molecule has 2 bridgehead atoms. The molecule has 10 heteroatoms. The second-order valence-electron chi connectivity index (χ2n) is 9.40. The summed E-state index contributed by atoms with van der Waals surface area (Å²) in [6.07, 6.45) is 5.40. The van der Waals surface area contributed by atoms with Crippen molar-refractivity contribution in [1.29, 1.82) is 5.26 Å². The number of rotatable bonds is 2. The highest BCUT2D eigenvalue weighted by Crippen LogP contribution is 2.37. The van der Waals surface area contributed by atoms with Crippen molar-refractivity contribution in [1.82, 2.24) is 19.5 Å². The van der Waals surface area contributed by atoms with Gasteiger partial charge in [-0.05, 0) is 55.3 Å². The van der Waals surface area contributed by atoms with Gasteiger partial charge >= 0.3 is 6.09 Å². The minimum absolute atomic E-state index is 0.0193. The molecule has 0 aromatic carbocycles. The van der Waals surface area contributed by atoms with Crippen LogP contribution in [0.2, 0.25) is 0 Å². The van der Waals surface area contributed by atoms with Crippen molar-refractivity contribution in [3.8, 4) is 17.2 Å². The highest BCUT2D eigenvalue weighted by molar-refractivity contribution is 9.10. The quantitative estimate of drug-likeness (QED) is 0.506. The Hall–Kier alpha value is -3.19. The number of nitriles is 1. The van der Waals surface area contributed by atoms with Crippen LogP contribution < -0.4 is 4.90 Å². The molecule has 3 aromatic heterocycles. The average Bonchev–Trinajstić information content (AvgIpc) is 3.14. The van der Waals surface area contributed by atoms with E-state index in [1.165, 1.54) is 12.3 Å². The molecule has 0 aliphatic carbocycles. The Morgan fingerprint density at radius 2 is 2.00 bits per heavy atom. The second kappa shape index (κ2) is 7.70. The number of piperidine rings is 1. The van der Waals surface area contributed by atoms with Gasteiger partial charge in [-0.1, -0.05) is 0 Å². The lowest BCUT2D eigenvalue weighted by Gasteiger charge is -2.56. The molecule has 1 amide bonds. The number of carbonyl (C=O) groups excluding carboxylic acids is 1.